The fourth-order valence-electron chi connectivity index (χ4n) is 2.90. The molecule has 6 nitrogen and oxygen atoms in total. The van der Waals surface area contributed by atoms with E-state index >= 15 is 0 Å². The molecule has 1 atom stereocenters. The van der Waals surface area contributed by atoms with Crippen LogP contribution in [0.15, 0.2) is 35.4 Å². The Morgan fingerprint density at radius 1 is 1.27 bits per heavy atom. The standard InChI is InChI=1S/C19H23N3O3S/c1-13-17(14(2)23)19(21-18(20-13)15-6-4-3-5-7-15)26-12-16(24)22-8-10-25-11-9-22/h3-7,14,23H,8-12H2,1-2H3. The Bertz CT molecular complexity index is 762. The SMILES string of the molecule is Cc1nc(-c2ccccc2)nc(SCC(=O)N2CCOCC2)c1C(C)O. The predicted molar refractivity (Wildman–Crippen MR) is 101 cm³/mol. The van der Waals surface area contributed by atoms with Crippen molar-refractivity contribution in [3.05, 3.63) is 41.6 Å². The molecule has 1 N–H and O–H groups in total. The van der Waals surface area contributed by atoms with E-state index in [2.05, 4.69) is 9.97 Å². The first-order valence-corrected chi connectivity index (χ1v) is 9.65. The summed E-state index contributed by atoms with van der Waals surface area (Å²) < 4.78 is 5.29. The maximum Gasteiger partial charge on any atom is 0.233 e. The van der Waals surface area contributed by atoms with E-state index in [1.807, 2.05) is 42.2 Å². The Kier molecular flexibility index (Phi) is 6.24. The maximum absolute atomic E-state index is 12.4. The number of morpholine rings is 1. The van der Waals surface area contributed by atoms with Gasteiger partial charge < -0.3 is 14.7 Å². The fourth-order valence-corrected chi connectivity index (χ4v) is 3.96. The molecule has 1 aliphatic rings. The van der Waals surface area contributed by atoms with Gasteiger partial charge in [0.05, 0.1) is 25.1 Å². The van der Waals surface area contributed by atoms with Crippen LogP contribution in [0.5, 0.6) is 0 Å². The van der Waals surface area contributed by atoms with Crippen molar-refractivity contribution in [3.63, 3.8) is 0 Å². The van der Waals surface area contributed by atoms with Crippen LogP contribution in [-0.4, -0.2) is 57.9 Å². The highest BCUT2D eigenvalue weighted by Crippen LogP contribution is 2.30. The molecule has 1 aliphatic heterocycles. The molecule has 7 heteroatoms. The molecule has 1 aromatic carbocycles. The first-order valence-electron chi connectivity index (χ1n) is 8.66. The Hall–Kier alpha value is -1.96. The molecular weight excluding hydrogens is 350 g/mol. The number of thioether (sulfide) groups is 1. The smallest absolute Gasteiger partial charge is 0.233 e. The predicted octanol–water partition coefficient (Wildman–Crippen LogP) is 2.46. The highest BCUT2D eigenvalue weighted by atomic mass is 32.2. The summed E-state index contributed by atoms with van der Waals surface area (Å²) in [5, 5.41) is 10.8. The second-order valence-corrected chi connectivity index (χ2v) is 7.14. The number of hydrogen-bond donors (Lipinski definition) is 1. The summed E-state index contributed by atoms with van der Waals surface area (Å²) in [6.07, 6.45) is -0.694. The van der Waals surface area contributed by atoms with Crippen LogP contribution in [0.2, 0.25) is 0 Å². The largest absolute Gasteiger partial charge is 0.389 e. The van der Waals surface area contributed by atoms with Crippen LogP contribution in [0.3, 0.4) is 0 Å². The second-order valence-electron chi connectivity index (χ2n) is 6.18. The van der Waals surface area contributed by atoms with Crippen molar-refractivity contribution < 1.29 is 14.6 Å². The number of hydrogen-bond acceptors (Lipinski definition) is 6. The monoisotopic (exact) mass is 373 g/mol. The van der Waals surface area contributed by atoms with Crippen LogP contribution in [0.4, 0.5) is 0 Å². The molecule has 0 radical (unpaired) electrons. The van der Waals surface area contributed by atoms with Crippen molar-refractivity contribution in [2.45, 2.75) is 25.0 Å². The van der Waals surface area contributed by atoms with E-state index < -0.39 is 6.10 Å². The van der Waals surface area contributed by atoms with E-state index in [4.69, 9.17) is 4.74 Å². The lowest BCUT2D eigenvalue weighted by Crippen LogP contribution is -2.41. The molecule has 0 aliphatic carbocycles. The number of ether oxygens (including phenoxy) is 1. The number of aliphatic hydroxyl groups is 1. The molecule has 138 valence electrons. The third-order valence-electron chi connectivity index (χ3n) is 4.25. The number of rotatable bonds is 5. The average Bonchev–Trinajstić information content (AvgIpc) is 2.66. The summed E-state index contributed by atoms with van der Waals surface area (Å²) >= 11 is 1.36. The van der Waals surface area contributed by atoms with Crippen LogP contribution < -0.4 is 0 Å². The molecule has 2 heterocycles. The summed E-state index contributed by atoms with van der Waals surface area (Å²) in [5.41, 5.74) is 2.33. The fraction of sp³-hybridized carbons (Fsp3) is 0.421. The van der Waals surface area contributed by atoms with E-state index in [-0.39, 0.29) is 11.7 Å². The van der Waals surface area contributed by atoms with Crippen molar-refractivity contribution in [3.8, 4) is 11.4 Å². The highest BCUT2D eigenvalue weighted by molar-refractivity contribution is 7.99. The lowest BCUT2D eigenvalue weighted by molar-refractivity contribution is -0.132. The van der Waals surface area contributed by atoms with Gasteiger partial charge in [-0.15, -0.1) is 0 Å². The van der Waals surface area contributed by atoms with Gasteiger partial charge in [0.1, 0.15) is 5.03 Å². The van der Waals surface area contributed by atoms with E-state index in [0.717, 1.165) is 11.3 Å². The minimum Gasteiger partial charge on any atom is -0.389 e. The van der Waals surface area contributed by atoms with Crippen molar-refractivity contribution in [2.24, 2.45) is 0 Å². The Morgan fingerprint density at radius 2 is 1.96 bits per heavy atom. The molecule has 1 amide bonds. The molecule has 0 saturated carbocycles. The van der Waals surface area contributed by atoms with Gasteiger partial charge in [0.15, 0.2) is 5.82 Å². The zero-order chi connectivity index (χ0) is 18.5. The number of carbonyl (C=O) groups excluding carboxylic acids is 1. The average molecular weight is 373 g/mol. The molecule has 26 heavy (non-hydrogen) atoms. The number of carbonyl (C=O) groups is 1. The van der Waals surface area contributed by atoms with Gasteiger partial charge in [-0.1, -0.05) is 42.1 Å². The number of aromatic nitrogens is 2. The van der Waals surface area contributed by atoms with Gasteiger partial charge >= 0.3 is 0 Å². The van der Waals surface area contributed by atoms with Crippen LogP contribution in [-0.2, 0) is 9.53 Å². The van der Waals surface area contributed by atoms with Crippen molar-refractivity contribution in [1.82, 2.24) is 14.9 Å². The Balaban J connectivity index is 1.83. The summed E-state index contributed by atoms with van der Waals surface area (Å²) in [6, 6.07) is 9.71. The second kappa shape index (κ2) is 8.62. The van der Waals surface area contributed by atoms with Gasteiger partial charge in [0, 0.05) is 29.9 Å². The van der Waals surface area contributed by atoms with Gasteiger partial charge in [-0.05, 0) is 13.8 Å². The number of aliphatic hydroxyl groups excluding tert-OH is 1. The molecule has 3 rings (SSSR count). The highest BCUT2D eigenvalue weighted by Gasteiger charge is 2.21. The van der Waals surface area contributed by atoms with Gasteiger partial charge in [-0.2, -0.15) is 0 Å². The third kappa shape index (κ3) is 4.41. The van der Waals surface area contributed by atoms with Crippen LogP contribution in [0.25, 0.3) is 11.4 Å². The van der Waals surface area contributed by atoms with E-state index in [9.17, 15) is 9.90 Å². The molecule has 2 aromatic rings. The number of benzene rings is 1. The molecule has 1 saturated heterocycles. The van der Waals surface area contributed by atoms with Crippen molar-refractivity contribution >= 4 is 17.7 Å². The van der Waals surface area contributed by atoms with Crippen molar-refractivity contribution in [1.29, 1.82) is 0 Å². The lowest BCUT2D eigenvalue weighted by Gasteiger charge is -2.26. The minimum atomic E-state index is -0.694. The first kappa shape index (κ1) is 18.8. The Labute approximate surface area is 157 Å². The van der Waals surface area contributed by atoms with Crippen LogP contribution >= 0.6 is 11.8 Å². The zero-order valence-corrected chi connectivity index (χ0v) is 15.8. The van der Waals surface area contributed by atoms with E-state index in [1.54, 1.807) is 6.92 Å². The quantitative estimate of drug-likeness (QED) is 0.641. The van der Waals surface area contributed by atoms with Crippen LogP contribution in [0.1, 0.15) is 24.3 Å². The summed E-state index contributed by atoms with van der Waals surface area (Å²) in [4.78, 5) is 23.4. The first-order chi connectivity index (χ1) is 12.6. The van der Waals surface area contributed by atoms with E-state index in [1.165, 1.54) is 11.8 Å². The van der Waals surface area contributed by atoms with Gasteiger partial charge in [0.2, 0.25) is 5.91 Å². The van der Waals surface area contributed by atoms with Crippen molar-refractivity contribution in [2.75, 3.05) is 32.1 Å². The number of amides is 1. The topological polar surface area (TPSA) is 75.6 Å². The Morgan fingerprint density at radius 3 is 2.62 bits per heavy atom. The molecule has 1 fully saturated rings. The van der Waals surface area contributed by atoms with Crippen LogP contribution in [0, 0.1) is 6.92 Å². The number of aryl methyl sites for hydroxylation is 1. The normalized spacial score (nSPS) is 15.7. The van der Waals surface area contributed by atoms with E-state index in [0.29, 0.717) is 42.7 Å². The summed E-state index contributed by atoms with van der Waals surface area (Å²) in [6.45, 7) is 5.98. The number of nitrogens with zero attached hydrogens (tertiary/aromatic N) is 3. The minimum absolute atomic E-state index is 0.0624. The van der Waals surface area contributed by atoms with Gasteiger partial charge in [-0.25, -0.2) is 9.97 Å². The zero-order valence-electron chi connectivity index (χ0n) is 15.0. The summed E-state index contributed by atoms with van der Waals surface area (Å²) in [5.74, 6) is 0.950. The molecule has 0 bridgehead atoms. The van der Waals surface area contributed by atoms with Gasteiger partial charge in [-0.3, -0.25) is 4.79 Å². The van der Waals surface area contributed by atoms with Gasteiger partial charge in [0.25, 0.3) is 0 Å². The molecular formula is C19H23N3O3S. The molecule has 1 aromatic heterocycles. The molecule has 1 unspecified atom stereocenters. The molecule has 0 spiro atoms. The maximum atomic E-state index is 12.4. The lowest BCUT2D eigenvalue weighted by atomic mass is 10.1. The third-order valence-corrected chi connectivity index (χ3v) is 5.22. The summed E-state index contributed by atoms with van der Waals surface area (Å²) in [7, 11) is 0.